The quantitative estimate of drug-likeness (QED) is 0.693. The normalized spacial score (nSPS) is 9.30. The number of anilines is 1. The largest absolute Gasteiger partial charge is 0.381 e. The van der Waals surface area contributed by atoms with Crippen LogP contribution in [0.15, 0.2) is 15.8 Å². The molecule has 1 heterocycles. The van der Waals surface area contributed by atoms with Gasteiger partial charge < -0.3 is 5.73 Å². The third-order valence-electron chi connectivity index (χ3n) is 0.899. The van der Waals surface area contributed by atoms with Crippen molar-refractivity contribution in [3.05, 3.63) is 10.8 Å². The molecule has 0 fully saturated rings. The highest BCUT2D eigenvalue weighted by Crippen LogP contribution is 2.16. The molecular weight excluding hydrogens is 196 g/mol. The maximum atomic E-state index is 5.39. The summed E-state index contributed by atoms with van der Waals surface area (Å²) in [6.07, 6.45) is 1.51. The molecule has 0 unspecified atom stereocenters. The lowest BCUT2D eigenvalue weighted by molar-refractivity contribution is 1.16. The van der Waals surface area contributed by atoms with Gasteiger partial charge >= 0.3 is 0 Å². The van der Waals surface area contributed by atoms with E-state index in [1.165, 1.54) is 6.20 Å². The fourth-order valence-electron chi connectivity index (χ4n) is 0.496. The summed E-state index contributed by atoms with van der Waals surface area (Å²) < 4.78 is 0.595. The number of nitrogens with two attached hydrogens (primary N) is 1. The molecule has 0 saturated heterocycles. The van der Waals surface area contributed by atoms with E-state index in [1.807, 2.05) is 0 Å². The maximum Gasteiger partial charge on any atom is 0.194 e. The second kappa shape index (κ2) is 2.74. The van der Waals surface area contributed by atoms with Crippen LogP contribution >= 0.6 is 15.9 Å². The number of halogens is 1. The molecule has 2 N–H and O–H groups in total. The predicted molar refractivity (Wildman–Crippen MR) is 43.4 cm³/mol. The van der Waals surface area contributed by atoms with E-state index in [0.29, 0.717) is 10.4 Å². The van der Waals surface area contributed by atoms with Crippen LogP contribution in [-0.4, -0.2) is 16.7 Å². The summed E-state index contributed by atoms with van der Waals surface area (Å²) in [4.78, 5) is 11.2. The molecule has 0 radical (unpaired) electrons. The van der Waals surface area contributed by atoms with Gasteiger partial charge in [0.25, 0.3) is 0 Å². The summed E-state index contributed by atoms with van der Waals surface area (Å²) in [6, 6.07) is 0. The molecule has 0 aliphatic carbocycles. The molecule has 0 atom stereocenters. The van der Waals surface area contributed by atoms with Crippen LogP contribution in [0.25, 0.3) is 0 Å². The average molecular weight is 201 g/mol. The Morgan fingerprint density at radius 2 is 2.40 bits per heavy atom. The van der Waals surface area contributed by atoms with E-state index in [1.54, 1.807) is 0 Å². The lowest BCUT2D eigenvalue weighted by Crippen LogP contribution is -1.92. The molecule has 4 nitrogen and oxygen atoms in total. The summed E-state index contributed by atoms with van der Waals surface area (Å²) in [5, 5.41) is 0. The van der Waals surface area contributed by atoms with Gasteiger partial charge in [-0.15, -0.1) is 0 Å². The maximum absolute atomic E-state index is 5.39. The molecule has 0 spiro atoms. The second-order valence-corrected chi connectivity index (χ2v) is 2.37. The summed E-state index contributed by atoms with van der Waals surface area (Å²) in [5.41, 5.74) is 5.39. The molecule has 52 valence electrons. The van der Waals surface area contributed by atoms with Gasteiger partial charge in [0, 0.05) is 0 Å². The molecule has 0 aliphatic rings. The van der Waals surface area contributed by atoms with Crippen molar-refractivity contribution >= 4 is 34.3 Å². The lowest BCUT2D eigenvalue weighted by atomic mass is 10.6. The molecule has 1 aromatic heterocycles. The number of rotatable bonds is 1. The first-order chi connectivity index (χ1) is 4.74. The first-order valence-electron chi connectivity index (χ1n) is 2.49. The molecule has 0 saturated carbocycles. The monoisotopic (exact) mass is 200 g/mol. The lowest BCUT2D eigenvalue weighted by Gasteiger charge is -1.95. The van der Waals surface area contributed by atoms with Crippen molar-refractivity contribution in [2.24, 2.45) is 4.99 Å². The van der Waals surface area contributed by atoms with Gasteiger partial charge in [-0.2, -0.15) is 0 Å². The van der Waals surface area contributed by atoms with Crippen molar-refractivity contribution in [3.8, 4) is 0 Å². The van der Waals surface area contributed by atoms with Crippen molar-refractivity contribution < 1.29 is 0 Å². The highest BCUT2D eigenvalue weighted by atomic mass is 79.9. The summed E-state index contributed by atoms with van der Waals surface area (Å²) in [6.45, 7) is 3.27. The molecule has 1 aromatic rings. The highest BCUT2D eigenvalue weighted by Gasteiger charge is 1.97. The third kappa shape index (κ3) is 1.30. The molecule has 5 heteroatoms. The molecule has 0 aromatic carbocycles. The molecule has 0 aliphatic heterocycles. The van der Waals surface area contributed by atoms with Gasteiger partial charge in [-0.25, -0.2) is 15.0 Å². The van der Waals surface area contributed by atoms with Gasteiger partial charge in [0.15, 0.2) is 11.6 Å². The summed E-state index contributed by atoms with van der Waals surface area (Å²) in [5.74, 6) is 0.646. The van der Waals surface area contributed by atoms with Crippen LogP contribution < -0.4 is 5.73 Å². The number of nitrogen functional groups attached to an aromatic ring is 1. The fraction of sp³-hybridized carbons (Fsp3) is 0. The Kier molecular flexibility index (Phi) is 1.96. The van der Waals surface area contributed by atoms with E-state index in [0.717, 1.165) is 0 Å². The van der Waals surface area contributed by atoms with Gasteiger partial charge in [-0.05, 0) is 22.6 Å². The summed E-state index contributed by atoms with van der Waals surface area (Å²) >= 11 is 3.11. The number of aromatic nitrogens is 2. The third-order valence-corrected chi connectivity index (χ3v) is 1.28. The Bertz CT molecular complexity index is 260. The standard InChI is InChI=1S/C5H5BrN4/c1-8-5-4(7)10-3(6)2-9-5/h2H,1H2,(H2,7,10). The zero-order valence-corrected chi connectivity index (χ0v) is 6.67. The Hall–Kier alpha value is -0.970. The van der Waals surface area contributed by atoms with Crippen LogP contribution in [-0.2, 0) is 0 Å². The van der Waals surface area contributed by atoms with Gasteiger partial charge in [0.05, 0.1) is 6.20 Å². The Labute approximate surface area is 66.3 Å². The molecule has 0 bridgehead atoms. The Balaban J connectivity index is 3.19. The van der Waals surface area contributed by atoms with Crippen molar-refractivity contribution in [3.63, 3.8) is 0 Å². The minimum Gasteiger partial charge on any atom is -0.381 e. The van der Waals surface area contributed by atoms with Crippen molar-refractivity contribution in [1.29, 1.82) is 0 Å². The smallest absolute Gasteiger partial charge is 0.194 e. The van der Waals surface area contributed by atoms with Crippen LogP contribution in [0.1, 0.15) is 0 Å². The SMILES string of the molecule is C=Nc1ncc(Br)nc1N. The number of hydrogen-bond acceptors (Lipinski definition) is 4. The van der Waals surface area contributed by atoms with Crippen LogP contribution in [0.4, 0.5) is 11.6 Å². The van der Waals surface area contributed by atoms with Crippen molar-refractivity contribution in [1.82, 2.24) is 9.97 Å². The highest BCUT2D eigenvalue weighted by molar-refractivity contribution is 9.10. The van der Waals surface area contributed by atoms with E-state index < -0.39 is 0 Å². The van der Waals surface area contributed by atoms with E-state index in [2.05, 4.69) is 37.6 Å². The van der Waals surface area contributed by atoms with E-state index in [4.69, 9.17) is 5.73 Å². The average Bonchev–Trinajstić information content (AvgIpc) is 1.88. The minimum atomic E-state index is 0.282. The van der Waals surface area contributed by atoms with Crippen LogP contribution in [0.3, 0.4) is 0 Å². The van der Waals surface area contributed by atoms with Gasteiger partial charge in [-0.1, -0.05) is 0 Å². The first-order valence-corrected chi connectivity index (χ1v) is 3.28. The summed E-state index contributed by atoms with van der Waals surface area (Å²) in [7, 11) is 0. The zero-order chi connectivity index (χ0) is 7.56. The van der Waals surface area contributed by atoms with Crippen LogP contribution in [0, 0.1) is 0 Å². The van der Waals surface area contributed by atoms with Gasteiger partial charge in [-0.3, -0.25) is 0 Å². The number of aliphatic imine (C=N–C) groups is 1. The first kappa shape index (κ1) is 7.14. The molecular formula is C5H5BrN4. The topological polar surface area (TPSA) is 64.2 Å². The van der Waals surface area contributed by atoms with Crippen molar-refractivity contribution in [2.45, 2.75) is 0 Å². The molecule has 1 rings (SSSR count). The second-order valence-electron chi connectivity index (χ2n) is 1.56. The Morgan fingerprint density at radius 3 is 2.90 bits per heavy atom. The van der Waals surface area contributed by atoms with Crippen molar-refractivity contribution in [2.75, 3.05) is 5.73 Å². The number of hydrogen-bond donors (Lipinski definition) is 1. The van der Waals surface area contributed by atoms with Crippen LogP contribution in [0.2, 0.25) is 0 Å². The predicted octanol–water partition coefficient (Wildman–Crippen LogP) is 1.15. The van der Waals surface area contributed by atoms with Gasteiger partial charge in [0.1, 0.15) is 4.60 Å². The number of nitrogens with zero attached hydrogens (tertiary/aromatic N) is 3. The molecule has 0 amide bonds. The van der Waals surface area contributed by atoms with Crippen LogP contribution in [0.5, 0.6) is 0 Å². The van der Waals surface area contributed by atoms with Gasteiger partial charge in [0.2, 0.25) is 0 Å². The van der Waals surface area contributed by atoms with E-state index in [-0.39, 0.29) is 5.82 Å². The minimum absolute atomic E-state index is 0.282. The van der Waals surface area contributed by atoms with E-state index >= 15 is 0 Å². The fourth-order valence-corrected chi connectivity index (χ4v) is 0.790. The molecule has 10 heavy (non-hydrogen) atoms. The van der Waals surface area contributed by atoms with E-state index in [9.17, 15) is 0 Å². The zero-order valence-electron chi connectivity index (χ0n) is 5.08. The Morgan fingerprint density at radius 1 is 1.70 bits per heavy atom.